The minimum Gasteiger partial charge on any atom is -0.508 e. The summed E-state index contributed by atoms with van der Waals surface area (Å²) in [7, 11) is 0. The molecule has 0 spiro atoms. The first-order valence-electron chi connectivity index (χ1n) is 22.3. The number of aromatic nitrogens is 2. The smallest absolute Gasteiger partial charge is 0.262 e. The number of hydrogen-bond acceptors (Lipinski definition) is 14. The van der Waals surface area contributed by atoms with Crippen molar-refractivity contribution < 1.29 is 57.2 Å². The average molecular weight is 941 g/mol. The first-order valence-corrected chi connectivity index (χ1v) is 22.6. The summed E-state index contributed by atoms with van der Waals surface area (Å²) in [5.41, 5.74) is 1.08. The van der Waals surface area contributed by atoms with Gasteiger partial charge in [0.1, 0.15) is 41.8 Å². The Morgan fingerprint density at radius 2 is 1.45 bits per heavy atom. The molecule has 0 radical (unpaired) electrons. The molecule has 0 bridgehead atoms. The number of aromatic hydroxyl groups is 1. The van der Waals surface area contributed by atoms with Gasteiger partial charge in [0.2, 0.25) is 17.7 Å². The van der Waals surface area contributed by atoms with E-state index >= 15 is 4.39 Å². The van der Waals surface area contributed by atoms with Crippen LogP contribution in [0.15, 0.2) is 67.0 Å². The number of piperazine rings is 1. The van der Waals surface area contributed by atoms with Gasteiger partial charge in [0.25, 0.3) is 11.8 Å². The van der Waals surface area contributed by atoms with E-state index < -0.39 is 35.5 Å². The molecule has 352 valence electrons. The van der Waals surface area contributed by atoms with Gasteiger partial charge in [-0.05, 0) is 72.0 Å². The Kier molecular flexibility index (Phi) is 15.5. The highest BCUT2D eigenvalue weighted by atomic mass is 35.5. The van der Waals surface area contributed by atoms with Crippen molar-refractivity contribution in [3.05, 3.63) is 89.0 Å². The highest BCUT2D eigenvalue weighted by Crippen LogP contribution is 2.42. The molecule has 5 aromatic rings. The third kappa shape index (κ3) is 11.0. The maximum absolute atomic E-state index is 16.3. The lowest BCUT2D eigenvalue weighted by Crippen LogP contribution is -2.54. The van der Waals surface area contributed by atoms with Gasteiger partial charge in [0, 0.05) is 56.6 Å². The fourth-order valence-electron chi connectivity index (χ4n) is 8.44. The average Bonchev–Trinajstić information content (AvgIpc) is 3.57. The summed E-state index contributed by atoms with van der Waals surface area (Å²) in [6.07, 6.45) is 3.30. The Bertz CT molecular complexity index is 2660. The van der Waals surface area contributed by atoms with Crippen molar-refractivity contribution in [2.75, 3.05) is 90.5 Å². The molecule has 2 saturated heterocycles. The van der Waals surface area contributed by atoms with Crippen LogP contribution >= 0.6 is 11.6 Å². The van der Waals surface area contributed by atoms with Gasteiger partial charge < -0.3 is 38.6 Å². The monoisotopic (exact) mass is 940 g/mol. The molecule has 2 N–H and O–H groups in total. The maximum atomic E-state index is 16.3. The highest BCUT2D eigenvalue weighted by molar-refractivity contribution is 6.35. The molecule has 17 nitrogen and oxygen atoms in total. The molecule has 5 amide bonds. The second-order valence-corrected chi connectivity index (χ2v) is 16.5. The van der Waals surface area contributed by atoms with E-state index in [0.717, 1.165) is 22.1 Å². The maximum Gasteiger partial charge on any atom is 0.262 e. The highest BCUT2D eigenvalue weighted by Gasteiger charge is 2.44. The summed E-state index contributed by atoms with van der Waals surface area (Å²) < 4.78 is 44.3. The van der Waals surface area contributed by atoms with Crippen molar-refractivity contribution in [1.29, 1.82) is 0 Å². The van der Waals surface area contributed by atoms with Gasteiger partial charge in [-0.3, -0.25) is 34.2 Å². The molecule has 3 aliphatic rings. The van der Waals surface area contributed by atoms with Crippen molar-refractivity contribution in [3.63, 3.8) is 0 Å². The predicted molar refractivity (Wildman–Crippen MR) is 244 cm³/mol. The molecule has 2 fully saturated rings. The molecule has 1 atom stereocenters. The van der Waals surface area contributed by atoms with E-state index in [0.29, 0.717) is 108 Å². The number of carbonyl (C=O) groups is 5. The van der Waals surface area contributed by atoms with Crippen LogP contribution in [0.25, 0.3) is 32.8 Å². The summed E-state index contributed by atoms with van der Waals surface area (Å²) in [6.45, 7) is 5.32. The van der Waals surface area contributed by atoms with Crippen molar-refractivity contribution >= 4 is 68.6 Å². The lowest BCUT2D eigenvalue weighted by molar-refractivity contribution is -0.136. The van der Waals surface area contributed by atoms with Crippen LogP contribution in [0, 0.1) is 5.82 Å². The van der Waals surface area contributed by atoms with Crippen LogP contribution < -0.4 is 15.0 Å². The number of nitrogens with one attached hydrogen (secondary N) is 1. The van der Waals surface area contributed by atoms with Crippen molar-refractivity contribution in [1.82, 2.24) is 25.1 Å². The Labute approximate surface area is 390 Å². The van der Waals surface area contributed by atoms with Gasteiger partial charge >= 0.3 is 0 Å². The van der Waals surface area contributed by atoms with E-state index in [-0.39, 0.29) is 64.9 Å². The molecule has 1 aromatic heterocycles. The number of anilines is 1. The second kappa shape index (κ2) is 22.0. The van der Waals surface area contributed by atoms with Crippen molar-refractivity contribution in [2.24, 2.45) is 0 Å². The number of halogens is 2. The van der Waals surface area contributed by atoms with E-state index in [4.69, 9.17) is 35.3 Å². The van der Waals surface area contributed by atoms with Gasteiger partial charge in [-0.25, -0.2) is 14.4 Å². The topological polar surface area (TPSA) is 199 Å². The Morgan fingerprint density at radius 1 is 0.761 bits per heavy atom. The number of amides is 5. The number of rotatable bonds is 21. The molecule has 0 aliphatic carbocycles. The van der Waals surface area contributed by atoms with Gasteiger partial charge in [0.15, 0.2) is 5.82 Å². The molecule has 1 unspecified atom stereocenters. The summed E-state index contributed by atoms with van der Waals surface area (Å²) in [4.78, 5) is 76.2. The number of piperidine rings is 1. The largest absolute Gasteiger partial charge is 0.508 e. The number of carbonyl (C=O) groups excluding carboxylic acids is 5. The van der Waals surface area contributed by atoms with Crippen LogP contribution in [0.5, 0.6) is 11.5 Å². The van der Waals surface area contributed by atoms with Gasteiger partial charge in [0.05, 0.1) is 62.4 Å². The van der Waals surface area contributed by atoms with Gasteiger partial charge in [-0.2, -0.15) is 0 Å². The molecule has 0 saturated carbocycles. The molecule has 3 aliphatic heterocycles. The number of phenolic OH excluding ortho intramolecular Hbond substituents is 1. The fourth-order valence-corrected chi connectivity index (χ4v) is 8.74. The zero-order valence-electron chi connectivity index (χ0n) is 36.7. The first-order chi connectivity index (χ1) is 32.6. The molecular weight excluding hydrogens is 891 g/mol. The van der Waals surface area contributed by atoms with Crippen LogP contribution in [0.3, 0.4) is 0 Å². The molecule has 4 aromatic carbocycles. The number of nitrogens with zero attached hydrogens (tertiary/aromatic N) is 5. The first kappa shape index (κ1) is 47.2. The van der Waals surface area contributed by atoms with E-state index in [1.807, 2.05) is 34.1 Å². The third-order valence-corrected chi connectivity index (χ3v) is 12.1. The summed E-state index contributed by atoms with van der Waals surface area (Å²) in [5.74, 6) is -1.87. The Morgan fingerprint density at radius 3 is 2.18 bits per heavy atom. The summed E-state index contributed by atoms with van der Waals surface area (Å²) >= 11 is 6.76. The zero-order valence-corrected chi connectivity index (χ0v) is 37.4. The van der Waals surface area contributed by atoms with Crippen LogP contribution in [0.1, 0.15) is 52.8 Å². The standard InChI is InChI=1S/C48H50ClFN6O11/c49-38-28-37-44(43(50)42(38)35-26-31(57)25-30-5-1-2-6-33(30)35)51-29-52-45(37)55-14-12-54(13-15-55)41(59)7-3-4-16-63-17-18-64-19-20-65-21-22-66-23-24-67-32-8-9-34-36(27-32)48(62)56(47(34)61)39-10-11-40(58)53-46(39)60/h1-2,5-6,8-9,25-29,39,57H,3-4,7,10-24H2,(H,53,58,60). The Balaban J connectivity index is 0.645. The number of phenols is 1. The van der Waals surface area contributed by atoms with Crippen molar-refractivity contribution in [2.45, 2.75) is 38.1 Å². The zero-order chi connectivity index (χ0) is 46.9. The van der Waals surface area contributed by atoms with Crippen LogP contribution in [0.2, 0.25) is 5.02 Å². The minimum atomic E-state index is -1.03. The molecular formula is C48H50ClFN6O11. The number of hydrogen-bond donors (Lipinski definition) is 2. The van der Waals surface area contributed by atoms with Crippen LogP contribution in [-0.4, -0.2) is 146 Å². The third-order valence-electron chi connectivity index (χ3n) is 11.8. The lowest BCUT2D eigenvalue weighted by atomic mass is 9.96. The van der Waals surface area contributed by atoms with Crippen LogP contribution in [0.4, 0.5) is 10.2 Å². The molecule has 67 heavy (non-hydrogen) atoms. The van der Waals surface area contributed by atoms with Gasteiger partial charge in [-0.15, -0.1) is 0 Å². The number of imide groups is 2. The molecule has 8 rings (SSSR count). The fraction of sp³-hybridized carbons (Fsp3) is 0.396. The van der Waals surface area contributed by atoms with E-state index in [1.165, 1.54) is 24.5 Å². The molecule has 4 heterocycles. The van der Waals surface area contributed by atoms with Crippen LogP contribution in [-0.2, 0) is 33.3 Å². The Hall–Kier alpha value is -6.31. The van der Waals surface area contributed by atoms with E-state index in [9.17, 15) is 29.1 Å². The summed E-state index contributed by atoms with van der Waals surface area (Å²) in [5, 5.41) is 14.7. The van der Waals surface area contributed by atoms with E-state index in [1.54, 1.807) is 18.2 Å². The number of benzene rings is 4. The SMILES string of the molecule is O=C1CCC(N2C(=O)c3ccc(OCCOCCOCCOCCOCCCCC(=O)N4CCN(c5ncnc6c(F)c(-c7cc(O)cc8ccccc78)c(Cl)cc56)CC4)cc3C2=O)C(=O)N1. The number of fused-ring (bicyclic) bond motifs is 3. The van der Waals surface area contributed by atoms with E-state index in [2.05, 4.69) is 15.3 Å². The summed E-state index contributed by atoms with van der Waals surface area (Å²) in [6, 6.07) is 15.7. The lowest BCUT2D eigenvalue weighted by Gasteiger charge is -2.36. The quantitative estimate of drug-likeness (QED) is 0.0709. The predicted octanol–water partition coefficient (Wildman–Crippen LogP) is 5.31. The minimum absolute atomic E-state index is 0.00131. The van der Waals surface area contributed by atoms with Gasteiger partial charge in [-0.1, -0.05) is 35.9 Å². The van der Waals surface area contributed by atoms with Crippen molar-refractivity contribution in [3.8, 4) is 22.6 Å². The number of unbranched alkanes of at least 4 members (excludes halogenated alkanes) is 1. The normalized spacial score (nSPS) is 16.3. The molecule has 19 heteroatoms. The second-order valence-electron chi connectivity index (χ2n) is 16.1. The number of ether oxygens (including phenoxy) is 5.